The lowest BCUT2D eigenvalue weighted by atomic mass is 9.86. The van der Waals surface area contributed by atoms with Gasteiger partial charge in [-0.25, -0.2) is 9.37 Å². The van der Waals surface area contributed by atoms with Crippen LogP contribution in [-0.4, -0.2) is 15.3 Å². The highest BCUT2D eigenvalue weighted by molar-refractivity contribution is 5.99. The van der Waals surface area contributed by atoms with Crippen molar-refractivity contribution >= 4 is 5.78 Å². The minimum absolute atomic E-state index is 0.0708. The SMILES string of the molecule is CC(C)(C)C(=O)c1ccc(-n2ccnc2)c(F)c1. The average molecular weight is 246 g/mol. The van der Waals surface area contributed by atoms with Crippen molar-refractivity contribution in [2.75, 3.05) is 0 Å². The maximum absolute atomic E-state index is 14.0. The van der Waals surface area contributed by atoms with E-state index in [0.29, 0.717) is 11.3 Å². The maximum Gasteiger partial charge on any atom is 0.168 e. The van der Waals surface area contributed by atoms with Gasteiger partial charge in [-0.05, 0) is 18.2 Å². The number of carbonyl (C=O) groups excluding carboxylic acids is 1. The smallest absolute Gasteiger partial charge is 0.168 e. The Hall–Kier alpha value is -1.97. The van der Waals surface area contributed by atoms with Gasteiger partial charge in [0.25, 0.3) is 0 Å². The lowest BCUT2D eigenvalue weighted by molar-refractivity contribution is 0.0858. The van der Waals surface area contributed by atoms with Crippen LogP contribution in [0.5, 0.6) is 0 Å². The molecule has 4 heteroatoms. The Morgan fingerprint density at radius 2 is 2.06 bits per heavy atom. The van der Waals surface area contributed by atoms with Crippen LogP contribution in [-0.2, 0) is 0 Å². The molecule has 1 heterocycles. The highest BCUT2D eigenvalue weighted by atomic mass is 19.1. The molecule has 0 amide bonds. The first kappa shape index (κ1) is 12.5. The average Bonchev–Trinajstić information content (AvgIpc) is 2.80. The Labute approximate surface area is 105 Å². The van der Waals surface area contributed by atoms with Crippen molar-refractivity contribution in [3.63, 3.8) is 0 Å². The third-order valence-electron chi connectivity index (χ3n) is 2.67. The van der Waals surface area contributed by atoms with Gasteiger partial charge < -0.3 is 4.57 Å². The van der Waals surface area contributed by atoms with Gasteiger partial charge in [0.1, 0.15) is 5.82 Å². The molecule has 0 fully saturated rings. The first-order valence-electron chi connectivity index (χ1n) is 5.72. The summed E-state index contributed by atoms with van der Waals surface area (Å²) in [6.07, 6.45) is 4.75. The number of nitrogens with zero attached hydrogens (tertiary/aromatic N) is 2. The standard InChI is InChI=1S/C14H15FN2O/c1-14(2,3)13(18)10-4-5-12(11(15)8-10)17-7-6-16-9-17/h4-9H,1-3H3. The fourth-order valence-electron chi connectivity index (χ4n) is 1.69. The van der Waals surface area contributed by atoms with Crippen molar-refractivity contribution < 1.29 is 9.18 Å². The first-order valence-corrected chi connectivity index (χ1v) is 5.72. The quantitative estimate of drug-likeness (QED) is 0.762. The third-order valence-corrected chi connectivity index (χ3v) is 2.67. The second kappa shape index (κ2) is 4.37. The summed E-state index contributed by atoms with van der Waals surface area (Å²) in [6.45, 7) is 5.45. The van der Waals surface area contributed by atoms with Gasteiger partial charge >= 0.3 is 0 Å². The summed E-state index contributed by atoms with van der Waals surface area (Å²) < 4.78 is 15.5. The van der Waals surface area contributed by atoms with E-state index < -0.39 is 11.2 Å². The third kappa shape index (κ3) is 2.32. The van der Waals surface area contributed by atoms with E-state index in [1.54, 1.807) is 29.1 Å². The van der Waals surface area contributed by atoms with Crippen LogP contribution in [0.1, 0.15) is 31.1 Å². The summed E-state index contributed by atoms with van der Waals surface area (Å²) in [4.78, 5) is 15.9. The van der Waals surface area contributed by atoms with Crippen molar-refractivity contribution in [1.82, 2.24) is 9.55 Å². The van der Waals surface area contributed by atoms with Crippen molar-refractivity contribution in [2.24, 2.45) is 5.41 Å². The van der Waals surface area contributed by atoms with Gasteiger partial charge in [0.15, 0.2) is 5.78 Å². The lowest BCUT2D eigenvalue weighted by Crippen LogP contribution is -2.20. The number of halogens is 1. The van der Waals surface area contributed by atoms with Crippen molar-refractivity contribution in [2.45, 2.75) is 20.8 Å². The van der Waals surface area contributed by atoms with Gasteiger partial charge in [-0.2, -0.15) is 0 Å². The van der Waals surface area contributed by atoms with E-state index in [9.17, 15) is 9.18 Å². The number of aromatic nitrogens is 2. The minimum Gasteiger partial charge on any atom is -0.303 e. The van der Waals surface area contributed by atoms with Gasteiger partial charge in [0.2, 0.25) is 0 Å². The summed E-state index contributed by atoms with van der Waals surface area (Å²) in [5, 5.41) is 0. The molecular weight excluding hydrogens is 231 g/mol. The second-order valence-electron chi connectivity index (χ2n) is 5.22. The molecule has 0 N–H and O–H groups in total. The minimum atomic E-state index is -0.511. The van der Waals surface area contributed by atoms with E-state index in [4.69, 9.17) is 0 Å². The van der Waals surface area contributed by atoms with Gasteiger partial charge in [-0.1, -0.05) is 20.8 Å². The van der Waals surface area contributed by atoms with Crippen LogP contribution >= 0.6 is 0 Å². The summed E-state index contributed by atoms with van der Waals surface area (Å²) in [5.41, 5.74) is 0.269. The fraction of sp³-hybridized carbons (Fsp3) is 0.286. The van der Waals surface area contributed by atoms with Crippen LogP contribution in [0.4, 0.5) is 4.39 Å². The van der Waals surface area contributed by atoms with Crippen LogP contribution in [0, 0.1) is 11.2 Å². The van der Waals surface area contributed by atoms with Gasteiger partial charge in [-0.15, -0.1) is 0 Å². The van der Waals surface area contributed by atoms with E-state index in [0.717, 1.165) is 0 Å². The van der Waals surface area contributed by atoms with Crippen LogP contribution in [0.25, 0.3) is 5.69 Å². The molecule has 94 valence electrons. The molecule has 0 bridgehead atoms. The largest absolute Gasteiger partial charge is 0.303 e. The number of Topliss-reactive ketones (excluding diaryl/α,β-unsaturated/α-hetero) is 1. The normalized spacial score (nSPS) is 11.6. The Morgan fingerprint density at radius 3 is 2.56 bits per heavy atom. The number of rotatable bonds is 2. The van der Waals surface area contributed by atoms with Crippen LogP contribution < -0.4 is 0 Å². The number of ketones is 1. The van der Waals surface area contributed by atoms with E-state index >= 15 is 0 Å². The Morgan fingerprint density at radius 1 is 1.33 bits per heavy atom. The zero-order chi connectivity index (χ0) is 13.3. The second-order valence-corrected chi connectivity index (χ2v) is 5.22. The topological polar surface area (TPSA) is 34.9 Å². The van der Waals surface area contributed by atoms with Gasteiger partial charge in [0.05, 0.1) is 12.0 Å². The molecule has 3 nitrogen and oxygen atoms in total. The summed E-state index contributed by atoms with van der Waals surface area (Å²) in [5.74, 6) is -0.498. The molecule has 0 saturated carbocycles. The predicted octanol–water partition coefficient (Wildman–Crippen LogP) is 3.24. The Bertz CT molecular complexity index is 568. The number of imidazole rings is 1. The van der Waals surface area contributed by atoms with Crippen molar-refractivity contribution in [3.05, 3.63) is 48.3 Å². The van der Waals surface area contributed by atoms with Gasteiger partial charge in [0, 0.05) is 23.4 Å². The van der Waals surface area contributed by atoms with Gasteiger partial charge in [-0.3, -0.25) is 4.79 Å². The summed E-state index contributed by atoms with van der Waals surface area (Å²) >= 11 is 0. The van der Waals surface area contributed by atoms with Crippen LogP contribution in [0.2, 0.25) is 0 Å². The van der Waals surface area contributed by atoms with E-state index in [1.165, 1.54) is 12.4 Å². The monoisotopic (exact) mass is 246 g/mol. The van der Waals surface area contributed by atoms with E-state index in [1.807, 2.05) is 20.8 Å². The Kier molecular flexibility index (Phi) is 3.03. The number of carbonyl (C=O) groups is 1. The molecule has 0 saturated heterocycles. The zero-order valence-corrected chi connectivity index (χ0v) is 10.6. The van der Waals surface area contributed by atoms with E-state index in [2.05, 4.69) is 4.98 Å². The van der Waals surface area contributed by atoms with Crippen molar-refractivity contribution in [1.29, 1.82) is 0 Å². The number of benzene rings is 1. The highest BCUT2D eigenvalue weighted by Gasteiger charge is 2.23. The molecule has 0 aliphatic heterocycles. The van der Waals surface area contributed by atoms with Crippen LogP contribution in [0.3, 0.4) is 0 Å². The lowest BCUT2D eigenvalue weighted by Gasteiger charge is -2.17. The molecule has 18 heavy (non-hydrogen) atoms. The summed E-state index contributed by atoms with van der Waals surface area (Å²) in [6, 6.07) is 4.52. The molecule has 0 aliphatic rings. The first-order chi connectivity index (χ1) is 8.39. The maximum atomic E-state index is 14.0. The fourth-order valence-corrected chi connectivity index (χ4v) is 1.69. The number of hydrogen-bond acceptors (Lipinski definition) is 2. The van der Waals surface area contributed by atoms with Crippen molar-refractivity contribution in [3.8, 4) is 5.69 Å². The van der Waals surface area contributed by atoms with Crippen LogP contribution in [0.15, 0.2) is 36.9 Å². The predicted molar refractivity (Wildman–Crippen MR) is 67.3 cm³/mol. The molecule has 0 aliphatic carbocycles. The molecule has 0 spiro atoms. The molecule has 2 aromatic rings. The highest BCUT2D eigenvalue weighted by Crippen LogP contribution is 2.23. The molecule has 1 aromatic heterocycles. The number of hydrogen-bond donors (Lipinski definition) is 0. The Balaban J connectivity index is 2.40. The summed E-state index contributed by atoms with van der Waals surface area (Å²) in [7, 11) is 0. The zero-order valence-electron chi connectivity index (χ0n) is 10.6. The molecular formula is C14H15FN2O. The molecule has 0 atom stereocenters. The molecule has 0 unspecified atom stereocenters. The van der Waals surface area contributed by atoms with E-state index in [-0.39, 0.29) is 5.78 Å². The molecule has 2 rings (SSSR count). The molecule has 0 radical (unpaired) electrons. The molecule has 1 aromatic carbocycles.